The number of aliphatic hydroxyl groups is 2. The van der Waals surface area contributed by atoms with E-state index in [0.29, 0.717) is 19.3 Å². The highest BCUT2D eigenvalue weighted by molar-refractivity contribution is 5.77. The number of unbranched alkanes of at least 4 members (excludes halogenated alkanes) is 30. The molecule has 0 radical (unpaired) electrons. The van der Waals surface area contributed by atoms with E-state index in [4.69, 9.17) is 4.74 Å². The van der Waals surface area contributed by atoms with Gasteiger partial charge in [-0.2, -0.15) is 0 Å². The molecule has 374 valence electrons. The summed E-state index contributed by atoms with van der Waals surface area (Å²) in [5.74, 6) is -0.507. The van der Waals surface area contributed by atoms with Crippen LogP contribution in [0.25, 0.3) is 0 Å². The molecular formula is C58H107NO5. The summed E-state index contributed by atoms with van der Waals surface area (Å²) in [5.41, 5.74) is 0. The second-order valence-electron chi connectivity index (χ2n) is 19.0. The number of carbonyl (C=O) groups excluding carboxylic acids is 2. The summed E-state index contributed by atoms with van der Waals surface area (Å²) < 4.78 is 5.93. The van der Waals surface area contributed by atoms with Crippen molar-refractivity contribution in [2.45, 2.75) is 302 Å². The van der Waals surface area contributed by atoms with E-state index in [0.717, 1.165) is 96.3 Å². The van der Waals surface area contributed by atoms with E-state index in [2.05, 4.69) is 74.7 Å². The number of esters is 1. The summed E-state index contributed by atoms with van der Waals surface area (Å²) in [7, 11) is 0. The van der Waals surface area contributed by atoms with Gasteiger partial charge in [-0.15, -0.1) is 0 Å². The number of carbonyl (C=O) groups is 2. The Morgan fingerprint density at radius 3 is 1.25 bits per heavy atom. The number of nitrogens with one attached hydrogen (secondary N) is 1. The van der Waals surface area contributed by atoms with Gasteiger partial charge < -0.3 is 20.3 Å². The zero-order valence-corrected chi connectivity index (χ0v) is 42.7. The third-order valence-corrected chi connectivity index (χ3v) is 12.6. The molecule has 6 nitrogen and oxygen atoms in total. The van der Waals surface area contributed by atoms with Crippen LogP contribution in [0.3, 0.4) is 0 Å². The van der Waals surface area contributed by atoms with Gasteiger partial charge in [0.25, 0.3) is 0 Å². The molecule has 0 heterocycles. The maximum absolute atomic E-state index is 13.2. The first-order chi connectivity index (χ1) is 31.5. The minimum Gasteiger partial charge on any atom is -0.462 e. The minimum absolute atomic E-state index is 0.0578. The molecule has 3 N–H and O–H groups in total. The van der Waals surface area contributed by atoms with Gasteiger partial charge in [-0.25, -0.2) is 0 Å². The predicted octanol–water partition coefficient (Wildman–Crippen LogP) is 17.0. The van der Waals surface area contributed by atoms with E-state index in [1.807, 2.05) is 0 Å². The van der Waals surface area contributed by atoms with E-state index in [-0.39, 0.29) is 24.9 Å². The lowest BCUT2D eigenvalue weighted by Crippen LogP contribution is -2.46. The number of allylic oxidation sites excluding steroid dienone is 8. The zero-order valence-electron chi connectivity index (χ0n) is 42.7. The molecular weight excluding hydrogens is 791 g/mol. The number of hydrogen-bond donors (Lipinski definition) is 3. The van der Waals surface area contributed by atoms with Crippen molar-refractivity contribution in [3.8, 4) is 0 Å². The second kappa shape index (κ2) is 51.8. The Balaban J connectivity index is 4.62. The Morgan fingerprint density at radius 1 is 0.453 bits per heavy atom. The topological polar surface area (TPSA) is 95.9 Å². The molecule has 3 atom stereocenters. The van der Waals surface area contributed by atoms with Crippen molar-refractivity contribution in [2.75, 3.05) is 6.61 Å². The molecule has 0 aromatic heterocycles. The summed E-state index contributed by atoms with van der Waals surface area (Å²) in [4.78, 5) is 26.2. The normalized spacial score (nSPS) is 13.5. The number of rotatable bonds is 50. The quantitative estimate of drug-likeness (QED) is 0.0321. The lowest BCUT2D eigenvalue weighted by molar-refractivity contribution is -0.151. The van der Waals surface area contributed by atoms with E-state index in [1.165, 1.54) is 141 Å². The molecule has 0 aromatic rings. The maximum Gasteiger partial charge on any atom is 0.306 e. The molecule has 0 saturated heterocycles. The fourth-order valence-electron chi connectivity index (χ4n) is 8.37. The molecule has 3 unspecified atom stereocenters. The van der Waals surface area contributed by atoms with Crippen LogP contribution < -0.4 is 5.32 Å². The standard InChI is InChI=1S/C58H107NO5/c1-4-7-10-13-16-19-22-25-27-28-30-32-34-37-40-43-46-49-54(64-58(63)51-48-45-42-39-36-31-24-21-18-15-12-9-6-3)52-57(62)59-55(53-60)56(61)50-47-44-41-38-35-33-29-26-23-20-17-14-11-8-5-2/h16,19,25,27,30-32,36,54-56,60-61H,4-15,17-18,20-24,26,28-29,33-35,37-53H2,1-3H3,(H,59,62)/b19-16-,27-25-,32-30-,36-31-. The van der Waals surface area contributed by atoms with Gasteiger partial charge in [0, 0.05) is 6.42 Å². The van der Waals surface area contributed by atoms with Gasteiger partial charge in [0.2, 0.25) is 5.91 Å². The first-order valence-electron chi connectivity index (χ1n) is 27.9. The third kappa shape index (κ3) is 46.4. The predicted molar refractivity (Wildman–Crippen MR) is 278 cm³/mol. The number of amides is 1. The van der Waals surface area contributed by atoms with Crippen LogP contribution in [0.5, 0.6) is 0 Å². The monoisotopic (exact) mass is 898 g/mol. The number of aliphatic hydroxyl groups excluding tert-OH is 2. The van der Waals surface area contributed by atoms with E-state index >= 15 is 0 Å². The van der Waals surface area contributed by atoms with Crippen LogP contribution in [-0.2, 0) is 14.3 Å². The van der Waals surface area contributed by atoms with Crippen molar-refractivity contribution in [3.05, 3.63) is 48.6 Å². The summed E-state index contributed by atoms with van der Waals surface area (Å²) >= 11 is 0. The highest BCUT2D eigenvalue weighted by atomic mass is 16.5. The summed E-state index contributed by atoms with van der Waals surface area (Å²) in [6, 6.07) is -0.712. The summed E-state index contributed by atoms with van der Waals surface area (Å²) in [6.07, 6.45) is 63.1. The molecule has 0 aliphatic rings. The fraction of sp³-hybridized carbons (Fsp3) is 0.828. The zero-order chi connectivity index (χ0) is 46.7. The average Bonchev–Trinajstić information content (AvgIpc) is 3.29. The maximum atomic E-state index is 13.2. The lowest BCUT2D eigenvalue weighted by atomic mass is 10.0. The van der Waals surface area contributed by atoms with Crippen molar-refractivity contribution in [2.24, 2.45) is 0 Å². The molecule has 0 spiro atoms. The van der Waals surface area contributed by atoms with Crippen molar-refractivity contribution in [3.63, 3.8) is 0 Å². The fourth-order valence-corrected chi connectivity index (χ4v) is 8.37. The van der Waals surface area contributed by atoms with Gasteiger partial charge in [0.05, 0.1) is 25.2 Å². The minimum atomic E-state index is -0.797. The average molecular weight is 898 g/mol. The second-order valence-corrected chi connectivity index (χ2v) is 19.0. The third-order valence-electron chi connectivity index (χ3n) is 12.6. The number of hydrogen-bond acceptors (Lipinski definition) is 5. The lowest BCUT2D eigenvalue weighted by Gasteiger charge is -2.24. The van der Waals surface area contributed by atoms with Crippen molar-refractivity contribution in [1.82, 2.24) is 5.32 Å². The molecule has 0 saturated carbocycles. The largest absolute Gasteiger partial charge is 0.462 e. The Morgan fingerprint density at radius 2 is 0.797 bits per heavy atom. The van der Waals surface area contributed by atoms with Crippen LogP contribution >= 0.6 is 0 Å². The van der Waals surface area contributed by atoms with E-state index < -0.39 is 18.2 Å². The molecule has 0 aliphatic carbocycles. The van der Waals surface area contributed by atoms with E-state index in [1.54, 1.807) is 0 Å². The van der Waals surface area contributed by atoms with Crippen molar-refractivity contribution in [1.29, 1.82) is 0 Å². The first-order valence-corrected chi connectivity index (χ1v) is 27.9. The van der Waals surface area contributed by atoms with Crippen molar-refractivity contribution < 1.29 is 24.5 Å². The Bertz CT molecular complexity index is 1100. The Labute approximate surface area is 397 Å². The molecule has 6 heteroatoms. The molecule has 0 aliphatic heterocycles. The molecule has 1 amide bonds. The van der Waals surface area contributed by atoms with Gasteiger partial charge >= 0.3 is 5.97 Å². The summed E-state index contributed by atoms with van der Waals surface area (Å²) in [6.45, 7) is 6.46. The van der Waals surface area contributed by atoms with Crippen LogP contribution in [-0.4, -0.2) is 46.9 Å². The SMILES string of the molecule is CCCCC/C=C\C/C=C\C/C=C\CCCCCCC(CC(=O)NC(CO)C(O)CCCCCCCCCCCCCCCCC)OC(=O)CCCCC/C=C\CCCCCCCC. The van der Waals surface area contributed by atoms with Gasteiger partial charge in [0.1, 0.15) is 6.10 Å². The smallest absolute Gasteiger partial charge is 0.306 e. The molecule has 0 fully saturated rings. The van der Waals surface area contributed by atoms with Crippen LogP contribution in [0.15, 0.2) is 48.6 Å². The first kappa shape index (κ1) is 61.8. The molecule has 64 heavy (non-hydrogen) atoms. The van der Waals surface area contributed by atoms with Gasteiger partial charge in [-0.1, -0.05) is 230 Å². The highest BCUT2D eigenvalue weighted by Crippen LogP contribution is 2.18. The van der Waals surface area contributed by atoms with Crippen molar-refractivity contribution >= 4 is 11.9 Å². The van der Waals surface area contributed by atoms with Gasteiger partial charge in [-0.3, -0.25) is 9.59 Å². The Kier molecular flexibility index (Phi) is 50.0. The number of ether oxygens (including phenoxy) is 1. The van der Waals surface area contributed by atoms with Crippen LogP contribution in [0.2, 0.25) is 0 Å². The Hall–Kier alpha value is -2.18. The molecule has 0 aromatic carbocycles. The van der Waals surface area contributed by atoms with Crippen LogP contribution in [0.1, 0.15) is 284 Å². The molecule has 0 bridgehead atoms. The van der Waals surface area contributed by atoms with Gasteiger partial charge in [0.15, 0.2) is 0 Å². The van der Waals surface area contributed by atoms with Gasteiger partial charge in [-0.05, 0) is 89.9 Å². The van der Waals surface area contributed by atoms with E-state index in [9.17, 15) is 19.8 Å². The molecule has 0 rings (SSSR count). The van der Waals surface area contributed by atoms with Crippen LogP contribution in [0, 0.1) is 0 Å². The summed E-state index contributed by atoms with van der Waals surface area (Å²) in [5, 5.41) is 23.8. The van der Waals surface area contributed by atoms with Crippen LogP contribution in [0.4, 0.5) is 0 Å². The highest BCUT2D eigenvalue weighted by Gasteiger charge is 2.24.